The van der Waals surface area contributed by atoms with Gasteiger partial charge in [0.15, 0.2) is 0 Å². The van der Waals surface area contributed by atoms with E-state index < -0.39 is 0 Å². The van der Waals surface area contributed by atoms with E-state index in [1.807, 2.05) is 6.08 Å². The van der Waals surface area contributed by atoms with Crippen molar-refractivity contribution >= 4 is 0 Å². The number of rotatable bonds is 7. The summed E-state index contributed by atoms with van der Waals surface area (Å²) in [6.45, 7) is 9.87. The maximum absolute atomic E-state index is 4.95. The highest BCUT2D eigenvalue weighted by molar-refractivity contribution is 4.76. The van der Waals surface area contributed by atoms with Crippen LogP contribution in [-0.4, -0.2) is 26.3 Å². The molecule has 1 N–H and O–H groups in total. The van der Waals surface area contributed by atoms with Crippen LogP contribution in [0, 0.1) is 5.92 Å². The van der Waals surface area contributed by atoms with Crippen LogP contribution in [0.15, 0.2) is 12.7 Å². The molecule has 72 valence electrons. The Hall–Kier alpha value is -0.340. The minimum Gasteiger partial charge on any atom is -0.383 e. The first-order chi connectivity index (χ1) is 5.72. The standard InChI is InChI=1S/C10H21NO/c1-5-6-9(2)10(3)11-7-8-12-4/h5,9-11H,1,6-8H2,2-4H3. The predicted octanol–water partition coefficient (Wildman–Crippen LogP) is 1.82. The monoisotopic (exact) mass is 171 g/mol. The minimum atomic E-state index is 0.540. The number of hydrogen-bond donors (Lipinski definition) is 1. The van der Waals surface area contributed by atoms with Crippen molar-refractivity contribution in [3.05, 3.63) is 12.7 Å². The maximum Gasteiger partial charge on any atom is 0.0587 e. The van der Waals surface area contributed by atoms with Crippen molar-refractivity contribution in [1.82, 2.24) is 5.32 Å². The number of hydrogen-bond acceptors (Lipinski definition) is 2. The summed E-state index contributed by atoms with van der Waals surface area (Å²) in [5.41, 5.74) is 0. The molecule has 0 heterocycles. The predicted molar refractivity (Wildman–Crippen MR) is 53.3 cm³/mol. The van der Waals surface area contributed by atoms with E-state index in [1.54, 1.807) is 7.11 Å². The summed E-state index contributed by atoms with van der Waals surface area (Å²) in [4.78, 5) is 0. The highest BCUT2D eigenvalue weighted by atomic mass is 16.5. The lowest BCUT2D eigenvalue weighted by atomic mass is 10.00. The van der Waals surface area contributed by atoms with Gasteiger partial charge in [0.05, 0.1) is 6.61 Å². The first-order valence-corrected chi connectivity index (χ1v) is 4.55. The summed E-state index contributed by atoms with van der Waals surface area (Å²) < 4.78 is 4.95. The van der Waals surface area contributed by atoms with Crippen LogP contribution < -0.4 is 5.32 Å². The molecule has 2 nitrogen and oxygen atoms in total. The highest BCUT2D eigenvalue weighted by Crippen LogP contribution is 2.07. The summed E-state index contributed by atoms with van der Waals surface area (Å²) in [5, 5.41) is 3.40. The highest BCUT2D eigenvalue weighted by Gasteiger charge is 2.08. The summed E-state index contributed by atoms with van der Waals surface area (Å²) in [6.07, 6.45) is 3.04. The van der Waals surface area contributed by atoms with Gasteiger partial charge in [0.25, 0.3) is 0 Å². The molecule has 0 fully saturated rings. The van der Waals surface area contributed by atoms with E-state index in [0.29, 0.717) is 12.0 Å². The van der Waals surface area contributed by atoms with E-state index in [0.717, 1.165) is 19.6 Å². The van der Waals surface area contributed by atoms with Crippen molar-refractivity contribution in [1.29, 1.82) is 0 Å². The van der Waals surface area contributed by atoms with Crippen LogP contribution in [0.25, 0.3) is 0 Å². The molecule has 0 aliphatic carbocycles. The Morgan fingerprint density at radius 1 is 1.50 bits per heavy atom. The van der Waals surface area contributed by atoms with Crippen LogP contribution in [-0.2, 0) is 4.74 Å². The molecule has 2 atom stereocenters. The van der Waals surface area contributed by atoms with Gasteiger partial charge in [-0.25, -0.2) is 0 Å². The minimum absolute atomic E-state index is 0.540. The molecule has 0 spiro atoms. The second kappa shape index (κ2) is 7.32. The molecule has 0 aromatic carbocycles. The number of ether oxygens (including phenoxy) is 1. The zero-order chi connectivity index (χ0) is 9.40. The first-order valence-electron chi connectivity index (χ1n) is 4.55. The van der Waals surface area contributed by atoms with Gasteiger partial charge in [-0.05, 0) is 19.3 Å². The quantitative estimate of drug-likeness (QED) is 0.466. The molecule has 0 saturated carbocycles. The van der Waals surface area contributed by atoms with E-state index in [-0.39, 0.29) is 0 Å². The molecule has 2 unspecified atom stereocenters. The molecule has 0 amide bonds. The normalized spacial score (nSPS) is 15.6. The molecule has 0 radical (unpaired) electrons. The van der Waals surface area contributed by atoms with Crippen molar-refractivity contribution in [2.24, 2.45) is 5.92 Å². The molecule has 0 aliphatic rings. The van der Waals surface area contributed by atoms with E-state index in [1.165, 1.54) is 0 Å². The molecule has 0 rings (SSSR count). The van der Waals surface area contributed by atoms with Gasteiger partial charge in [-0.1, -0.05) is 13.0 Å². The van der Waals surface area contributed by atoms with Crippen LogP contribution in [0.4, 0.5) is 0 Å². The van der Waals surface area contributed by atoms with E-state index in [4.69, 9.17) is 4.74 Å². The van der Waals surface area contributed by atoms with Crippen LogP contribution in [0.3, 0.4) is 0 Å². The maximum atomic E-state index is 4.95. The smallest absolute Gasteiger partial charge is 0.0587 e. The topological polar surface area (TPSA) is 21.3 Å². The lowest BCUT2D eigenvalue weighted by molar-refractivity contribution is 0.193. The average Bonchev–Trinajstić information content (AvgIpc) is 2.05. The van der Waals surface area contributed by atoms with Crippen LogP contribution in [0.5, 0.6) is 0 Å². The summed E-state index contributed by atoms with van der Waals surface area (Å²) in [7, 11) is 1.72. The van der Waals surface area contributed by atoms with Gasteiger partial charge >= 0.3 is 0 Å². The fourth-order valence-corrected chi connectivity index (χ4v) is 1.06. The van der Waals surface area contributed by atoms with Crippen molar-refractivity contribution in [3.8, 4) is 0 Å². The molecule has 0 aromatic rings. The van der Waals surface area contributed by atoms with Crippen LogP contribution in [0.1, 0.15) is 20.3 Å². The molecule has 0 aliphatic heterocycles. The third-order valence-electron chi connectivity index (χ3n) is 2.16. The van der Waals surface area contributed by atoms with Gasteiger partial charge in [-0.15, -0.1) is 6.58 Å². The largest absolute Gasteiger partial charge is 0.383 e. The Morgan fingerprint density at radius 2 is 2.17 bits per heavy atom. The van der Waals surface area contributed by atoms with Crippen molar-refractivity contribution in [2.75, 3.05) is 20.3 Å². The van der Waals surface area contributed by atoms with Gasteiger partial charge < -0.3 is 10.1 Å². The zero-order valence-electron chi connectivity index (χ0n) is 8.47. The number of allylic oxidation sites excluding steroid dienone is 1. The summed E-state index contributed by atoms with van der Waals surface area (Å²) in [6, 6.07) is 0.540. The van der Waals surface area contributed by atoms with Gasteiger partial charge in [-0.2, -0.15) is 0 Å². The van der Waals surface area contributed by atoms with Crippen LogP contribution in [0.2, 0.25) is 0 Å². The third kappa shape index (κ3) is 5.33. The molecular formula is C10H21NO. The molecule has 12 heavy (non-hydrogen) atoms. The molecule has 0 aromatic heterocycles. The Morgan fingerprint density at radius 3 is 2.67 bits per heavy atom. The second-order valence-corrected chi connectivity index (χ2v) is 3.24. The first kappa shape index (κ1) is 11.7. The molecular weight excluding hydrogens is 150 g/mol. The van der Waals surface area contributed by atoms with E-state index >= 15 is 0 Å². The fourth-order valence-electron chi connectivity index (χ4n) is 1.06. The van der Waals surface area contributed by atoms with Crippen molar-refractivity contribution in [3.63, 3.8) is 0 Å². The van der Waals surface area contributed by atoms with Gasteiger partial charge in [0, 0.05) is 19.7 Å². The third-order valence-corrected chi connectivity index (χ3v) is 2.16. The second-order valence-electron chi connectivity index (χ2n) is 3.24. The molecule has 0 saturated heterocycles. The zero-order valence-corrected chi connectivity index (χ0v) is 8.47. The van der Waals surface area contributed by atoms with Gasteiger partial charge in [0.2, 0.25) is 0 Å². The SMILES string of the molecule is C=CCC(C)C(C)NCCOC. The summed E-state index contributed by atoms with van der Waals surface area (Å²) >= 11 is 0. The molecule has 2 heteroatoms. The number of nitrogens with one attached hydrogen (secondary N) is 1. The lowest BCUT2D eigenvalue weighted by Gasteiger charge is -2.19. The van der Waals surface area contributed by atoms with Gasteiger partial charge in [-0.3, -0.25) is 0 Å². The van der Waals surface area contributed by atoms with Crippen molar-refractivity contribution < 1.29 is 4.74 Å². The fraction of sp³-hybridized carbons (Fsp3) is 0.800. The Kier molecular flexibility index (Phi) is 7.11. The Labute approximate surface area is 76.0 Å². The van der Waals surface area contributed by atoms with E-state index in [2.05, 4.69) is 25.7 Å². The molecule has 0 bridgehead atoms. The Bertz CT molecular complexity index is 114. The number of methoxy groups -OCH3 is 1. The van der Waals surface area contributed by atoms with Crippen LogP contribution >= 0.6 is 0 Å². The van der Waals surface area contributed by atoms with Gasteiger partial charge in [0.1, 0.15) is 0 Å². The van der Waals surface area contributed by atoms with E-state index in [9.17, 15) is 0 Å². The summed E-state index contributed by atoms with van der Waals surface area (Å²) in [5.74, 6) is 0.652. The Balaban J connectivity index is 3.41. The average molecular weight is 171 g/mol. The van der Waals surface area contributed by atoms with Crippen molar-refractivity contribution in [2.45, 2.75) is 26.3 Å². The lowest BCUT2D eigenvalue weighted by Crippen LogP contribution is -2.34.